The smallest absolute Gasteiger partial charge is 0.180 e. The number of anilines is 1. The van der Waals surface area contributed by atoms with E-state index in [4.69, 9.17) is 5.73 Å². The predicted molar refractivity (Wildman–Crippen MR) is 76.0 cm³/mol. The van der Waals surface area contributed by atoms with Gasteiger partial charge >= 0.3 is 0 Å². The SMILES string of the molecule is CCc1nn(C)cc1Cc1sc(N)nc1C(C)C. The molecule has 0 aromatic carbocycles. The molecule has 5 heteroatoms. The summed E-state index contributed by atoms with van der Waals surface area (Å²) in [6.07, 6.45) is 3.94. The van der Waals surface area contributed by atoms with Gasteiger partial charge in [-0.25, -0.2) is 4.98 Å². The highest BCUT2D eigenvalue weighted by atomic mass is 32.1. The maximum atomic E-state index is 5.83. The molecule has 0 aliphatic carbocycles. The molecule has 0 saturated carbocycles. The second-order valence-electron chi connectivity index (χ2n) is 4.82. The van der Waals surface area contributed by atoms with Gasteiger partial charge in [0.1, 0.15) is 0 Å². The minimum atomic E-state index is 0.412. The summed E-state index contributed by atoms with van der Waals surface area (Å²) in [7, 11) is 1.97. The van der Waals surface area contributed by atoms with Crippen LogP contribution in [0.25, 0.3) is 0 Å². The summed E-state index contributed by atoms with van der Waals surface area (Å²) < 4.78 is 1.88. The topological polar surface area (TPSA) is 56.7 Å². The molecule has 0 atom stereocenters. The second kappa shape index (κ2) is 5.10. The molecule has 0 radical (unpaired) electrons. The number of aryl methyl sites for hydroxylation is 2. The van der Waals surface area contributed by atoms with Crippen LogP contribution < -0.4 is 5.73 Å². The molecule has 0 bridgehead atoms. The predicted octanol–water partition coefficient (Wildman–Crippen LogP) is 2.74. The van der Waals surface area contributed by atoms with Crippen LogP contribution in [0.2, 0.25) is 0 Å². The normalized spacial score (nSPS) is 11.4. The Kier molecular flexibility index (Phi) is 3.71. The molecule has 0 amide bonds. The van der Waals surface area contributed by atoms with Crippen LogP contribution in [0.4, 0.5) is 5.13 Å². The van der Waals surface area contributed by atoms with Gasteiger partial charge in [0.2, 0.25) is 0 Å². The number of rotatable bonds is 4. The molecule has 4 nitrogen and oxygen atoms in total. The van der Waals surface area contributed by atoms with Crippen LogP contribution in [0.3, 0.4) is 0 Å². The fourth-order valence-electron chi connectivity index (χ4n) is 2.16. The lowest BCUT2D eigenvalue weighted by Gasteiger charge is -2.04. The average Bonchev–Trinajstić information content (AvgIpc) is 2.82. The van der Waals surface area contributed by atoms with Crippen molar-refractivity contribution in [3.05, 3.63) is 28.0 Å². The molecule has 0 saturated heterocycles. The third-order valence-electron chi connectivity index (χ3n) is 2.97. The molecular formula is C13H20N4S. The monoisotopic (exact) mass is 264 g/mol. The van der Waals surface area contributed by atoms with Crippen molar-refractivity contribution < 1.29 is 0 Å². The molecule has 18 heavy (non-hydrogen) atoms. The Balaban J connectivity index is 2.33. The first-order chi connectivity index (χ1) is 8.51. The zero-order valence-corrected chi connectivity index (χ0v) is 12.2. The number of nitrogens with two attached hydrogens (primary N) is 1. The quantitative estimate of drug-likeness (QED) is 0.923. The number of nitrogens with zero attached hydrogens (tertiary/aromatic N) is 3. The number of nitrogen functional groups attached to an aromatic ring is 1. The first-order valence-corrected chi connectivity index (χ1v) is 7.09. The Morgan fingerprint density at radius 3 is 2.78 bits per heavy atom. The van der Waals surface area contributed by atoms with Crippen LogP contribution >= 0.6 is 11.3 Å². The number of hydrogen-bond donors (Lipinski definition) is 1. The maximum absolute atomic E-state index is 5.83. The lowest BCUT2D eigenvalue weighted by molar-refractivity contribution is 0.746. The maximum Gasteiger partial charge on any atom is 0.180 e. The van der Waals surface area contributed by atoms with E-state index in [1.54, 1.807) is 11.3 Å². The van der Waals surface area contributed by atoms with Crippen LogP contribution in [0.5, 0.6) is 0 Å². The molecular weight excluding hydrogens is 244 g/mol. The van der Waals surface area contributed by atoms with E-state index in [0.717, 1.165) is 18.5 Å². The molecule has 0 spiro atoms. The highest BCUT2D eigenvalue weighted by Gasteiger charge is 2.15. The minimum Gasteiger partial charge on any atom is -0.375 e. The Labute approximate surface area is 112 Å². The molecule has 2 heterocycles. The van der Waals surface area contributed by atoms with Crippen molar-refractivity contribution in [2.45, 2.75) is 39.5 Å². The fraction of sp³-hybridized carbons (Fsp3) is 0.538. The molecule has 2 aromatic heterocycles. The number of hydrogen-bond acceptors (Lipinski definition) is 4. The van der Waals surface area contributed by atoms with E-state index in [9.17, 15) is 0 Å². The zero-order chi connectivity index (χ0) is 13.3. The van der Waals surface area contributed by atoms with Crippen molar-refractivity contribution in [1.29, 1.82) is 0 Å². The summed E-state index contributed by atoms with van der Waals surface area (Å²) in [6, 6.07) is 0. The van der Waals surface area contributed by atoms with Crippen molar-refractivity contribution in [2.24, 2.45) is 7.05 Å². The standard InChI is InChI=1S/C13H20N4S/c1-5-10-9(7-17(4)16-10)6-11-12(8(2)3)15-13(14)18-11/h7-8H,5-6H2,1-4H3,(H2,14,15). The third-order valence-corrected chi connectivity index (χ3v) is 3.87. The van der Waals surface area contributed by atoms with Crippen LogP contribution in [-0.2, 0) is 19.9 Å². The van der Waals surface area contributed by atoms with Crippen molar-refractivity contribution >= 4 is 16.5 Å². The van der Waals surface area contributed by atoms with Gasteiger partial charge in [0.05, 0.1) is 11.4 Å². The van der Waals surface area contributed by atoms with E-state index in [1.165, 1.54) is 16.1 Å². The summed E-state index contributed by atoms with van der Waals surface area (Å²) in [4.78, 5) is 5.71. The molecule has 98 valence electrons. The zero-order valence-electron chi connectivity index (χ0n) is 11.4. The molecule has 0 aliphatic rings. The Morgan fingerprint density at radius 2 is 2.17 bits per heavy atom. The number of aromatic nitrogens is 3. The highest BCUT2D eigenvalue weighted by molar-refractivity contribution is 7.15. The van der Waals surface area contributed by atoms with Gasteiger partial charge in [-0.15, -0.1) is 11.3 Å². The van der Waals surface area contributed by atoms with Crippen molar-refractivity contribution in [2.75, 3.05) is 5.73 Å². The summed E-state index contributed by atoms with van der Waals surface area (Å²) in [5.41, 5.74) is 9.41. The van der Waals surface area contributed by atoms with Gasteiger partial charge in [0, 0.05) is 24.5 Å². The average molecular weight is 264 g/mol. The van der Waals surface area contributed by atoms with E-state index >= 15 is 0 Å². The van der Waals surface area contributed by atoms with E-state index < -0.39 is 0 Å². The van der Waals surface area contributed by atoms with E-state index in [0.29, 0.717) is 11.0 Å². The van der Waals surface area contributed by atoms with Crippen molar-refractivity contribution in [3.8, 4) is 0 Å². The molecule has 0 fully saturated rings. The molecule has 2 rings (SSSR count). The summed E-state index contributed by atoms with van der Waals surface area (Å²) in [5, 5.41) is 5.14. The second-order valence-corrected chi connectivity index (χ2v) is 5.94. The Bertz CT molecular complexity index is 539. The number of thiazole rings is 1. The first kappa shape index (κ1) is 13.1. The van der Waals surface area contributed by atoms with E-state index in [-0.39, 0.29) is 0 Å². The fourth-order valence-corrected chi connectivity index (χ4v) is 3.17. The van der Waals surface area contributed by atoms with Crippen molar-refractivity contribution in [3.63, 3.8) is 0 Å². The van der Waals surface area contributed by atoms with Crippen LogP contribution in [0.15, 0.2) is 6.20 Å². The van der Waals surface area contributed by atoms with Crippen LogP contribution in [-0.4, -0.2) is 14.8 Å². The summed E-state index contributed by atoms with van der Waals surface area (Å²) in [6.45, 7) is 6.44. The van der Waals surface area contributed by atoms with Gasteiger partial charge in [0.25, 0.3) is 0 Å². The highest BCUT2D eigenvalue weighted by Crippen LogP contribution is 2.29. The summed E-state index contributed by atoms with van der Waals surface area (Å²) >= 11 is 1.60. The van der Waals surface area contributed by atoms with Gasteiger partial charge in [0.15, 0.2) is 5.13 Å². The van der Waals surface area contributed by atoms with Gasteiger partial charge in [-0.3, -0.25) is 4.68 Å². The van der Waals surface area contributed by atoms with Crippen LogP contribution in [0.1, 0.15) is 48.5 Å². The van der Waals surface area contributed by atoms with Gasteiger partial charge in [-0.2, -0.15) is 5.10 Å². The van der Waals surface area contributed by atoms with E-state index in [2.05, 4.69) is 37.1 Å². The van der Waals surface area contributed by atoms with Gasteiger partial charge in [-0.1, -0.05) is 20.8 Å². The molecule has 2 aromatic rings. The lowest BCUT2D eigenvalue weighted by atomic mass is 10.0. The minimum absolute atomic E-state index is 0.412. The Morgan fingerprint density at radius 1 is 1.44 bits per heavy atom. The lowest BCUT2D eigenvalue weighted by Crippen LogP contribution is -1.96. The third kappa shape index (κ3) is 2.56. The molecule has 2 N–H and O–H groups in total. The largest absolute Gasteiger partial charge is 0.375 e. The first-order valence-electron chi connectivity index (χ1n) is 6.27. The summed E-state index contributed by atoms with van der Waals surface area (Å²) in [5.74, 6) is 0.412. The Hall–Kier alpha value is -1.36. The van der Waals surface area contributed by atoms with Gasteiger partial charge in [-0.05, 0) is 17.9 Å². The van der Waals surface area contributed by atoms with Crippen LogP contribution in [0, 0.1) is 0 Å². The van der Waals surface area contributed by atoms with Crippen molar-refractivity contribution in [1.82, 2.24) is 14.8 Å². The molecule has 0 aliphatic heterocycles. The van der Waals surface area contributed by atoms with Gasteiger partial charge < -0.3 is 5.73 Å². The molecule has 0 unspecified atom stereocenters. The van der Waals surface area contributed by atoms with E-state index in [1.807, 2.05) is 11.7 Å².